The van der Waals surface area contributed by atoms with Crippen molar-refractivity contribution in [2.24, 2.45) is 11.7 Å². The molecule has 4 nitrogen and oxygen atoms in total. The lowest BCUT2D eigenvalue weighted by Gasteiger charge is -2.24. The predicted octanol–water partition coefficient (Wildman–Crippen LogP) is 1.65. The Morgan fingerprint density at radius 1 is 1.38 bits per heavy atom. The Labute approximate surface area is 77.5 Å². The Bertz CT molecular complexity index is 241. The highest BCUT2D eigenvalue weighted by Gasteiger charge is 2.24. The van der Waals surface area contributed by atoms with Gasteiger partial charge in [0.15, 0.2) is 0 Å². The second-order valence-corrected chi connectivity index (χ2v) is 3.70. The van der Waals surface area contributed by atoms with Crippen molar-refractivity contribution in [1.82, 2.24) is 10.2 Å². The topological polar surface area (TPSA) is 64.9 Å². The highest BCUT2D eigenvalue weighted by atomic mass is 16.4. The molecule has 1 atom stereocenters. The summed E-state index contributed by atoms with van der Waals surface area (Å²) in [4.78, 5) is 0. The Hall–Kier alpha value is -0.900. The summed E-state index contributed by atoms with van der Waals surface area (Å²) < 4.78 is 5.10. The number of nitrogens with two attached hydrogens (primary N) is 1. The molecule has 72 valence electrons. The monoisotopic (exact) mass is 181 g/mol. The first kappa shape index (κ1) is 8.69. The number of nitrogens with zero attached hydrogens (tertiary/aromatic N) is 2. The molecule has 0 spiro atoms. The van der Waals surface area contributed by atoms with Crippen LogP contribution in [0.2, 0.25) is 0 Å². The molecule has 0 saturated heterocycles. The summed E-state index contributed by atoms with van der Waals surface area (Å²) in [5, 5.41) is 7.49. The van der Waals surface area contributed by atoms with Gasteiger partial charge in [-0.3, -0.25) is 0 Å². The van der Waals surface area contributed by atoms with Gasteiger partial charge < -0.3 is 10.2 Å². The normalized spacial score (nSPS) is 21.6. The highest BCUT2D eigenvalue weighted by molar-refractivity contribution is 4.89. The summed E-state index contributed by atoms with van der Waals surface area (Å²) in [7, 11) is 0. The number of hydrogen-bond donors (Lipinski definition) is 1. The van der Waals surface area contributed by atoms with Crippen LogP contribution in [0, 0.1) is 5.92 Å². The van der Waals surface area contributed by atoms with Gasteiger partial charge in [-0.15, -0.1) is 10.2 Å². The van der Waals surface area contributed by atoms with Crippen molar-refractivity contribution < 1.29 is 4.42 Å². The van der Waals surface area contributed by atoms with Crippen LogP contribution in [0.1, 0.15) is 44.0 Å². The molecule has 1 heterocycles. The van der Waals surface area contributed by atoms with Gasteiger partial charge in [0.25, 0.3) is 0 Å². The van der Waals surface area contributed by atoms with Crippen LogP contribution >= 0.6 is 0 Å². The van der Waals surface area contributed by atoms with E-state index in [2.05, 4.69) is 10.2 Å². The molecule has 0 bridgehead atoms. The summed E-state index contributed by atoms with van der Waals surface area (Å²) in [6.07, 6.45) is 7.65. The minimum atomic E-state index is -0.0530. The SMILES string of the molecule is NC(c1nnco1)C1CCCCC1. The van der Waals surface area contributed by atoms with E-state index in [-0.39, 0.29) is 6.04 Å². The summed E-state index contributed by atoms with van der Waals surface area (Å²) in [5.74, 6) is 1.13. The third-order valence-electron chi connectivity index (χ3n) is 2.82. The third kappa shape index (κ3) is 1.88. The minimum Gasteiger partial charge on any atom is -0.426 e. The van der Waals surface area contributed by atoms with E-state index in [0.29, 0.717) is 11.8 Å². The average Bonchev–Trinajstić information content (AvgIpc) is 2.71. The Morgan fingerprint density at radius 2 is 2.15 bits per heavy atom. The smallest absolute Gasteiger partial charge is 0.233 e. The first-order chi connectivity index (χ1) is 6.38. The second kappa shape index (κ2) is 3.87. The molecule has 0 aromatic carbocycles. The Kier molecular flexibility index (Phi) is 2.59. The minimum absolute atomic E-state index is 0.0530. The first-order valence-corrected chi connectivity index (χ1v) is 4.89. The van der Waals surface area contributed by atoms with Crippen molar-refractivity contribution in [3.05, 3.63) is 12.3 Å². The van der Waals surface area contributed by atoms with Gasteiger partial charge in [0, 0.05) is 0 Å². The molecule has 4 heteroatoms. The van der Waals surface area contributed by atoms with Crippen LogP contribution in [0.3, 0.4) is 0 Å². The van der Waals surface area contributed by atoms with Gasteiger partial charge in [-0.2, -0.15) is 0 Å². The lowest BCUT2D eigenvalue weighted by atomic mass is 9.84. The van der Waals surface area contributed by atoms with Crippen LogP contribution in [-0.4, -0.2) is 10.2 Å². The van der Waals surface area contributed by atoms with Gasteiger partial charge >= 0.3 is 0 Å². The third-order valence-corrected chi connectivity index (χ3v) is 2.82. The standard InChI is InChI=1S/C9H15N3O/c10-8(9-12-11-6-13-9)7-4-2-1-3-5-7/h6-8H,1-5,10H2. The van der Waals surface area contributed by atoms with Crippen molar-refractivity contribution >= 4 is 0 Å². The fourth-order valence-electron chi connectivity index (χ4n) is 2.02. The highest BCUT2D eigenvalue weighted by Crippen LogP contribution is 2.31. The molecule has 1 fully saturated rings. The molecule has 1 aromatic rings. The van der Waals surface area contributed by atoms with Crippen molar-refractivity contribution in [3.63, 3.8) is 0 Å². The first-order valence-electron chi connectivity index (χ1n) is 4.89. The van der Waals surface area contributed by atoms with Crippen molar-refractivity contribution in [1.29, 1.82) is 0 Å². The molecule has 1 aliphatic carbocycles. The maximum absolute atomic E-state index is 6.02. The summed E-state index contributed by atoms with van der Waals surface area (Å²) >= 11 is 0. The summed E-state index contributed by atoms with van der Waals surface area (Å²) in [6.45, 7) is 0. The molecule has 13 heavy (non-hydrogen) atoms. The summed E-state index contributed by atoms with van der Waals surface area (Å²) in [6, 6.07) is -0.0530. The van der Waals surface area contributed by atoms with E-state index in [4.69, 9.17) is 10.2 Å². The zero-order valence-corrected chi connectivity index (χ0v) is 7.65. The zero-order valence-electron chi connectivity index (χ0n) is 7.65. The van der Waals surface area contributed by atoms with Crippen LogP contribution < -0.4 is 5.73 Å². The molecule has 1 unspecified atom stereocenters. The lowest BCUT2D eigenvalue weighted by Crippen LogP contribution is -2.23. The number of rotatable bonds is 2. The molecule has 2 N–H and O–H groups in total. The van der Waals surface area contributed by atoms with Crippen LogP contribution in [-0.2, 0) is 0 Å². The van der Waals surface area contributed by atoms with Gasteiger partial charge in [0.2, 0.25) is 12.3 Å². The largest absolute Gasteiger partial charge is 0.426 e. The van der Waals surface area contributed by atoms with Gasteiger partial charge in [-0.05, 0) is 18.8 Å². The molecule has 1 saturated carbocycles. The van der Waals surface area contributed by atoms with Crippen LogP contribution in [0.25, 0.3) is 0 Å². The molecule has 2 rings (SSSR count). The van der Waals surface area contributed by atoms with Crippen LogP contribution in [0.15, 0.2) is 10.8 Å². The van der Waals surface area contributed by atoms with E-state index in [1.165, 1.54) is 38.5 Å². The van der Waals surface area contributed by atoms with Crippen LogP contribution in [0.4, 0.5) is 0 Å². The molecule has 0 amide bonds. The molecular weight excluding hydrogens is 166 g/mol. The van der Waals surface area contributed by atoms with E-state index < -0.39 is 0 Å². The van der Waals surface area contributed by atoms with Crippen molar-refractivity contribution in [3.8, 4) is 0 Å². The van der Waals surface area contributed by atoms with Crippen LogP contribution in [0.5, 0.6) is 0 Å². The molecular formula is C9H15N3O. The predicted molar refractivity (Wildman–Crippen MR) is 47.8 cm³/mol. The van der Waals surface area contributed by atoms with Crippen molar-refractivity contribution in [2.75, 3.05) is 0 Å². The Morgan fingerprint density at radius 3 is 2.77 bits per heavy atom. The number of hydrogen-bond acceptors (Lipinski definition) is 4. The van der Waals surface area contributed by atoms with E-state index in [0.717, 1.165) is 0 Å². The van der Waals surface area contributed by atoms with E-state index >= 15 is 0 Å². The van der Waals surface area contributed by atoms with Gasteiger partial charge in [0.05, 0.1) is 6.04 Å². The molecule has 0 aliphatic heterocycles. The Balaban J connectivity index is 1.99. The maximum Gasteiger partial charge on any atom is 0.233 e. The van der Waals surface area contributed by atoms with Gasteiger partial charge in [0.1, 0.15) is 0 Å². The molecule has 1 aromatic heterocycles. The number of aromatic nitrogens is 2. The van der Waals surface area contributed by atoms with Crippen molar-refractivity contribution in [2.45, 2.75) is 38.1 Å². The van der Waals surface area contributed by atoms with Gasteiger partial charge in [-0.1, -0.05) is 19.3 Å². The van der Waals surface area contributed by atoms with Gasteiger partial charge in [-0.25, -0.2) is 0 Å². The summed E-state index contributed by atoms with van der Waals surface area (Å²) in [5.41, 5.74) is 6.02. The molecule has 1 aliphatic rings. The fourth-order valence-corrected chi connectivity index (χ4v) is 2.02. The second-order valence-electron chi connectivity index (χ2n) is 3.70. The zero-order chi connectivity index (χ0) is 9.10. The molecule has 0 radical (unpaired) electrons. The van der Waals surface area contributed by atoms with E-state index in [9.17, 15) is 0 Å². The average molecular weight is 181 g/mol. The van der Waals surface area contributed by atoms with E-state index in [1.54, 1.807) is 0 Å². The lowest BCUT2D eigenvalue weighted by molar-refractivity contribution is 0.274. The quantitative estimate of drug-likeness (QED) is 0.753. The maximum atomic E-state index is 6.02. The fraction of sp³-hybridized carbons (Fsp3) is 0.778. The van der Waals surface area contributed by atoms with E-state index in [1.807, 2.05) is 0 Å².